The van der Waals surface area contributed by atoms with E-state index in [0.29, 0.717) is 11.6 Å². The molecule has 0 aliphatic rings. The third kappa shape index (κ3) is 5.49. The Morgan fingerprint density at radius 2 is 1.88 bits per heavy atom. The van der Waals surface area contributed by atoms with Crippen LogP contribution in [0.5, 0.6) is 5.75 Å². The molecule has 0 unspecified atom stereocenters. The van der Waals surface area contributed by atoms with Gasteiger partial charge in [-0.25, -0.2) is 10.4 Å². The van der Waals surface area contributed by atoms with Crippen molar-refractivity contribution in [3.05, 3.63) is 88.9 Å². The van der Waals surface area contributed by atoms with E-state index in [4.69, 9.17) is 21.3 Å². The standard InChI is InChI=1S/C24H21ClN4O2S/c1-31-20-12-8-17(9-13-20)14-26-28-23(30)16-32-24-27-21-4-2-3-5-22(21)29(24)15-18-6-10-19(25)11-7-18/h2-14H,15-16H2,1H3,(H,28,30)/b26-14+. The normalized spacial score (nSPS) is 11.2. The van der Waals surface area contributed by atoms with Crippen molar-refractivity contribution in [1.82, 2.24) is 15.0 Å². The number of benzene rings is 3. The molecule has 0 saturated heterocycles. The second kappa shape index (κ2) is 10.3. The Kier molecular flexibility index (Phi) is 7.09. The first kappa shape index (κ1) is 21.9. The Bertz CT molecular complexity index is 1240. The fraction of sp³-hybridized carbons (Fsp3) is 0.125. The number of nitrogens with one attached hydrogen (secondary N) is 1. The number of ether oxygens (including phenoxy) is 1. The summed E-state index contributed by atoms with van der Waals surface area (Å²) >= 11 is 7.39. The van der Waals surface area contributed by atoms with Crippen molar-refractivity contribution in [2.24, 2.45) is 5.10 Å². The van der Waals surface area contributed by atoms with Crippen LogP contribution >= 0.6 is 23.4 Å². The molecule has 0 atom stereocenters. The van der Waals surface area contributed by atoms with Gasteiger partial charge in [0.2, 0.25) is 0 Å². The molecule has 1 aromatic heterocycles. The topological polar surface area (TPSA) is 68.5 Å². The molecule has 0 saturated carbocycles. The highest BCUT2D eigenvalue weighted by molar-refractivity contribution is 7.99. The quantitative estimate of drug-likeness (QED) is 0.226. The number of halogens is 1. The maximum absolute atomic E-state index is 12.3. The summed E-state index contributed by atoms with van der Waals surface area (Å²) < 4.78 is 7.24. The summed E-state index contributed by atoms with van der Waals surface area (Å²) in [5.41, 5.74) is 6.44. The molecule has 3 aromatic carbocycles. The number of aromatic nitrogens is 2. The number of rotatable bonds is 8. The van der Waals surface area contributed by atoms with E-state index in [1.165, 1.54) is 11.8 Å². The van der Waals surface area contributed by atoms with Crippen molar-refractivity contribution in [1.29, 1.82) is 0 Å². The minimum absolute atomic E-state index is 0.198. The molecule has 0 aliphatic heterocycles. The lowest BCUT2D eigenvalue weighted by atomic mass is 10.2. The molecule has 162 valence electrons. The summed E-state index contributed by atoms with van der Waals surface area (Å²) in [5.74, 6) is 0.762. The van der Waals surface area contributed by atoms with Gasteiger partial charge in [0.25, 0.3) is 5.91 Å². The van der Waals surface area contributed by atoms with E-state index in [1.54, 1.807) is 13.3 Å². The predicted molar refractivity (Wildman–Crippen MR) is 130 cm³/mol. The largest absolute Gasteiger partial charge is 0.497 e. The van der Waals surface area contributed by atoms with E-state index in [2.05, 4.69) is 15.1 Å². The zero-order chi connectivity index (χ0) is 22.3. The molecule has 1 N–H and O–H groups in total. The zero-order valence-electron chi connectivity index (χ0n) is 17.4. The highest BCUT2D eigenvalue weighted by atomic mass is 35.5. The van der Waals surface area contributed by atoms with Crippen LogP contribution in [0.25, 0.3) is 11.0 Å². The molecule has 32 heavy (non-hydrogen) atoms. The van der Waals surface area contributed by atoms with E-state index in [9.17, 15) is 4.79 Å². The van der Waals surface area contributed by atoms with Crippen molar-refractivity contribution >= 4 is 46.5 Å². The van der Waals surface area contributed by atoms with Crippen molar-refractivity contribution in [2.45, 2.75) is 11.7 Å². The zero-order valence-corrected chi connectivity index (χ0v) is 18.9. The highest BCUT2D eigenvalue weighted by Crippen LogP contribution is 2.25. The number of thioether (sulfide) groups is 1. The van der Waals surface area contributed by atoms with E-state index in [-0.39, 0.29) is 11.7 Å². The second-order valence-electron chi connectivity index (χ2n) is 6.95. The molecule has 4 rings (SSSR count). The number of amides is 1. The Hall–Kier alpha value is -3.29. The van der Waals surface area contributed by atoms with Crippen LogP contribution in [0.4, 0.5) is 0 Å². The van der Waals surface area contributed by atoms with Gasteiger partial charge in [-0.1, -0.05) is 47.6 Å². The smallest absolute Gasteiger partial charge is 0.250 e. The number of hydrazone groups is 1. The van der Waals surface area contributed by atoms with Gasteiger partial charge < -0.3 is 9.30 Å². The number of hydrogen-bond acceptors (Lipinski definition) is 5. The molecule has 6 nitrogen and oxygen atoms in total. The first-order valence-electron chi connectivity index (χ1n) is 9.91. The van der Waals surface area contributed by atoms with Gasteiger partial charge in [0.05, 0.1) is 36.7 Å². The summed E-state index contributed by atoms with van der Waals surface area (Å²) in [4.78, 5) is 17.0. The van der Waals surface area contributed by atoms with Crippen molar-refractivity contribution in [3.8, 4) is 5.75 Å². The van der Waals surface area contributed by atoms with Crippen molar-refractivity contribution in [2.75, 3.05) is 12.9 Å². The number of carbonyl (C=O) groups excluding carboxylic acids is 1. The molecular formula is C24H21ClN4O2S. The molecule has 0 radical (unpaired) electrons. The average molecular weight is 465 g/mol. The lowest BCUT2D eigenvalue weighted by molar-refractivity contribution is -0.118. The van der Waals surface area contributed by atoms with Crippen LogP contribution in [-0.4, -0.2) is 34.5 Å². The molecule has 1 amide bonds. The Balaban J connectivity index is 1.42. The van der Waals surface area contributed by atoms with E-state index < -0.39 is 0 Å². The van der Waals surface area contributed by atoms with Gasteiger partial charge in [0, 0.05) is 5.02 Å². The molecule has 1 heterocycles. The molecule has 0 fully saturated rings. The molecule has 0 bridgehead atoms. The predicted octanol–water partition coefficient (Wildman–Crippen LogP) is 4.99. The third-order valence-corrected chi connectivity index (χ3v) is 5.95. The van der Waals surface area contributed by atoms with Crippen LogP contribution in [-0.2, 0) is 11.3 Å². The third-order valence-electron chi connectivity index (χ3n) is 4.72. The fourth-order valence-corrected chi connectivity index (χ4v) is 4.05. The SMILES string of the molecule is COc1ccc(/C=N/NC(=O)CSc2nc3ccccc3n2Cc2ccc(Cl)cc2)cc1. The van der Waals surface area contributed by atoms with Crippen LogP contribution in [0.1, 0.15) is 11.1 Å². The Morgan fingerprint density at radius 3 is 2.62 bits per heavy atom. The molecule has 0 aliphatic carbocycles. The van der Waals surface area contributed by atoms with Gasteiger partial charge in [-0.05, 0) is 59.7 Å². The number of para-hydroxylation sites is 2. The number of carbonyl (C=O) groups is 1. The maximum atomic E-state index is 12.3. The molecule has 8 heteroatoms. The Morgan fingerprint density at radius 1 is 1.12 bits per heavy atom. The monoisotopic (exact) mass is 464 g/mol. The number of imidazole rings is 1. The maximum Gasteiger partial charge on any atom is 0.250 e. The van der Waals surface area contributed by atoms with Gasteiger partial charge in [-0.3, -0.25) is 4.79 Å². The molecule has 0 spiro atoms. The van der Waals surface area contributed by atoms with Gasteiger partial charge in [-0.2, -0.15) is 5.10 Å². The number of methoxy groups -OCH3 is 1. The Labute approximate surface area is 195 Å². The molecular weight excluding hydrogens is 444 g/mol. The van der Waals surface area contributed by atoms with Crippen LogP contribution in [0.2, 0.25) is 5.02 Å². The summed E-state index contributed by atoms with van der Waals surface area (Å²) in [5, 5.41) is 5.51. The van der Waals surface area contributed by atoms with Crippen LogP contribution < -0.4 is 10.2 Å². The minimum Gasteiger partial charge on any atom is -0.497 e. The molecule has 4 aromatic rings. The number of nitrogens with zero attached hydrogens (tertiary/aromatic N) is 3. The van der Waals surface area contributed by atoms with Crippen molar-refractivity contribution in [3.63, 3.8) is 0 Å². The fourth-order valence-electron chi connectivity index (χ4n) is 3.12. The lowest BCUT2D eigenvalue weighted by Gasteiger charge is -2.09. The van der Waals surface area contributed by atoms with E-state index in [0.717, 1.165) is 33.1 Å². The number of fused-ring (bicyclic) bond motifs is 1. The summed E-state index contributed by atoms with van der Waals surface area (Å²) in [6.45, 7) is 0.636. The lowest BCUT2D eigenvalue weighted by Crippen LogP contribution is -2.20. The minimum atomic E-state index is -0.204. The summed E-state index contributed by atoms with van der Waals surface area (Å²) in [6.07, 6.45) is 1.60. The van der Waals surface area contributed by atoms with E-state index in [1.807, 2.05) is 72.8 Å². The number of hydrogen-bond donors (Lipinski definition) is 1. The van der Waals surface area contributed by atoms with Gasteiger partial charge in [-0.15, -0.1) is 0 Å². The summed E-state index contributed by atoms with van der Waals surface area (Å²) in [6, 6.07) is 23.1. The van der Waals surface area contributed by atoms with Gasteiger partial charge in [0.15, 0.2) is 5.16 Å². The van der Waals surface area contributed by atoms with Crippen LogP contribution in [0.15, 0.2) is 83.1 Å². The first-order chi connectivity index (χ1) is 15.6. The van der Waals surface area contributed by atoms with Crippen molar-refractivity contribution < 1.29 is 9.53 Å². The van der Waals surface area contributed by atoms with Crippen LogP contribution in [0.3, 0.4) is 0 Å². The van der Waals surface area contributed by atoms with Gasteiger partial charge >= 0.3 is 0 Å². The summed E-state index contributed by atoms with van der Waals surface area (Å²) in [7, 11) is 1.62. The second-order valence-corrected chi connectivity index (χ2v) is 8.33. The first-order valence-corrected chi connectivity index (χ1v) is 11.3. The average Bonchev–Trinajstić information content (AvgIpc) is 3.17. The van der Waals surface area contributed by atoms with Gasteiger partial charge in [0.1, 0.15) is 5.75 Å². The highest BCUT2D eigenvalue weighted by Gasteiger charge is 2.13. The van der Waals surface area contributed by atoms with Crippen LogP contribution in [0, 0.1) is 0 Å². The van der Waals surface area contributed by atoms with E-state index >= 15 is 0 Å².